The van der Waals surface area contributed by atoms with Crippen molar-refractivity contribution in [3.8, 4) is 0 Å². The Morgan fingerprint density at radius 1 is 1.38 bits per heavy atom. The molecule has 1 aliphatic heterocycles. The molecule has 3 rings (SSSR count). The van der Waals surface area contributed by atoms with Crippen molar-refractivity contribution in [2.24, 2.45) is 5.92 Å². The van der Waals surface area contributed by atoms with E-state index in [1.165, 1.54) is 10.1 Å². The maximum absolute atomic E-state index is 10.3. The van der Waals surface area contributed by atoms with Gasteiger partial charge in [0.15, 0.2) is 0 Å². The summed E-state index contributed by atoms with van der Waals surface area (Å²) in [7, 11) is 0. The standard InChI is InChI=1S/C13H14O2S/c14-13(10-5-6-15-8-10)12-7-9-3-1-2-4-11(9)16-12/h1-4,7,10,13-14H,5-6,8H2. The molecular formula is C13H14O2S. The van der Waals surface area contributed by atoms with Crippen molar-refractivity contribution in [1.29, 1.82) is 0 Å². The van der Waals surface area contributed by atoms with Gasteiger partial charge in [-0.1, -0.05) is 18.2 Å². The molecule has 0 amide bonds. The van der Waals surface area contributed by atoms with E-state index in [1.807, 2.05) is 12.1 Å². The van der Waals surface area contributed by atoms with E-state index < -0.39 is 0 Å². The Hall–Kier alpha value is -0.900. The fraction of sp³-hybridized carbons (Fsp3) is 0.385. The molecule has 0 aliphatic carbocycles. The molecular weight excluding hydrogens is 220 g/mol. The molecule has 2 nitrogen and oxygen atoms in total. The van der Waals surface area contributed by atoms with E-state index in [-0.39, 0.29) is 12.0 Å². The predicted octanol–water partition coefficient (Wildman–Crippen LogP) is 2.97. The topological polar surface area (TPSA) is 29.5 Å². The van der Waals surface area contributed by atoms with Crippen LogP contribution >= 0.6 is 11.3 Å². The molecule has 1 fully saturated rings. The SMILES string of the molecule is OC(c1cc2ccccc2s1)C1CCOC1. The van der Waals surface area contributed by atoms with Crippen molar-refractivity contribution in [1.82, 2.24) is 0 Å². The highest BCUT2D eigenvalue weighted by Crippen LogP contribution is 2.35. The summed E-state index contributed by atoms with van der Waals surface area (Å²) in [5.74, 6) is 0.271. The quantitative estimate of drug-likeness (QED) is 0.865. The fourth-order valence-electron chi connectivity index (χ4n) is 2.18. The van der Waals surface area contributed by atoms with Crippen LogP contribution < -0.4 is 0 Å². The summed E-state index contributed by atoms with van der Waals surface area (Å²) < 4.78 is 6.56. The van der Waals surface area contributed by atoms with Gasteiger partial charge in [0.1, 0.15) is 0 Å². The zero-order valence-electron chi connectivity index (χ0n) is 8.93. The molecule has 3 heteroatoms. The summed E-state index contributed by atoms with van der Waals surface area (Å²) in [5.41, 5.74) is 0. The van der Waals surface area contributed by atoms with E-state index in [0.29, 0.717) is 6.61 Å². The van der Waals surface area contributed by atoms with Crippen LogP contribution in [0.25, 0.3) is 10.1 Å². The van der Waals surface area contributed by atoms with Gasteiger partial charge >= 0.3 is 0 Å². The molecule has 0 bridgehead atoms. The molecule has 0 spiro atoms. The summed E-state index contributed by atoms with van der Waals surface area (Å²) in [6.45, 7) is 1.47. The van der Waals surface area contributed by atoms with Crippen LogP contribution in [0.1, 0.15) is 17.4 Å². The molecule has 1 saturated heterocycles. The molecule has 84 valence electrons. The molecule has 2 aromatic rings. The van der Waals surface area contributed by atoms with E-state index in [2.05, 4.69) is 18.2 Å². The third-order valence-electron chi connectivity index (χ3n) is 3.15. The van der Waals surface area contributed by atoms with Gasteiger partial charge in [-0.2, -0.15) is 0 Å². The van der Waals surface area contributed by atoms with Crippen LogP contribution in [0.15, 0.2) is 30.3 Å². The minimum Gasteiger partial charge on any atom is -0.387 e. The van der Waals surface area contributed by atoms with Crippen LogP contribution in [0.2, 0.25) is 0 Å². The number of aliphatic hydroxyl groups is 1. The third-order valence-corrected chi connectivity index (χ3v) is 4.33. The molecule has 1 aromatic carbocycles. The van der Waals surface area contributed by atoms with E-state index in [4.69, 9.17) is 4.74 Å². The van der Waals surface area contributed by atoms with Gasteiger partial charge in [0.2, 0.25) is 0 Å². The second-order valence-corrected chi connectivity index (χ2v) is 5.37. The van der Waals surface area contributed by atoms with Gasteiger partial charge in [-0.25, -0.2) is 0 Å². The zero-order chi connectivity index (χ0) is 11.0. The average molecular weight is 234 g/mol. The maximum Gasteiger partial charge on any atom is 0.0933 e. The zero-order valence-corrected chi connectivity index (χ0v) is 9.74. The average Bonchev–Trinajstić information content (AvgIpc) is 2.97. The Bertz CT molecular complexity index is 452. The molecule has 2 unspecified atom stereocenters. The lowest BCUT2D eigenvalue weighted by Gasteiger charge is -2.13. The minimum absolute atomic E-state index is 0.271. The Labute approximate surface area is 98.5 Å². The number of hydrogen-bond donors (Lipinski definition) is 1. The number of aliphatic hydroxyl groups excluding tert-OH is 1. The summed E-state index contributed by atoms with van der Waals surface area (Å²) >= 11 is 1.69. The van der Waals surface area contributed by atoms with Gasteiger partial charge < -0.3 is 9.84 Å². The van der Waals surface area contributed by atoms with Crippen molar-refractivity contribution in [3.63, 3.8) is 0 Å². The summed E-state index contributed by atoms with van der Waals surface area (Å²) in [4.78, 5) is 1.07. The molecule has 1 N–H and O–H groups in total. The molecule has 16 heavy (non-hydrogen) atoms. The first-order valence-electron chi connectivity index (χ1n) is 5.59. The first-order valence-corrected chi connectivity index (χ1v) is 6.40. The lowest BCUT2D eigenvalue weighted by Crippen LogP contribution is -2.10. The van der Waals surface area contributed by atoms with Crippen LogP contribution in [-0.2, 0) is 4.74 Å². The van der Waals surface area contributed by atoms with Crippen LogP contribution in [-0.4, -0.2) is 18.3 Å². The van der Waals surface area contributed by atoms with E-state index in [1.54, 1.807) is 11.3 Å². The largest absolute Gasteiger partial charge is 0.387 e. The molecule has 1 aliphatic rings. The summed E-state index contributed by atoms with van der Waals surface area (Å²) in [6, 6.07) is 10.4. The van der Waals surface area contributed by atoms with Crippen LogP contribution in [0, 0.1) is 5.92 Å². The number of benzene rings is 1. The Morgan fingerprint density at radius 2 is 2.25 bits per heavy atom. The number of rotatable bonds is 2. The van der Waals surface area contributed by atoms with Crippen LogP contribution in [0.5, 0.6) is 0 Å². The van der Waals surface area contributed by atoms with Crippen molar-refractivity contribution >= 4 is 21.4 Å². The number of fused-ring (bicyclic) bond motifs is 1. The van der Waals surface area contributed by atoms with Gasteiger partial charge in [0, 0.05) is 22.1 Å². The Balaban J connectivity index is 1.92. The first kappa shape index (κ1) is 10.3. The van der Waals surface area contributed by atoms with Crippen LogP contribution in [0.4, 0.5) is 0 Å². The maximum atomic E-state index is 10.3. The van der Waals surface area contributed by atoms with E-state index in [0.717, 1.165) is 17.9 Å². The first-order chi connectivity index (χ1) is 7.84. The minimum atomic E-state index is -0.361. The monoisotopic (exact) mass is 234 g/mol. The summed E-state index contributed by atoms with van der Waals surface area (Å²) in [6.07, 6.45) is 0.606. The van der Waals surface area contributed by atoms with Gasteiger partial charge in [-0.3, -0.25) is 0 Å². The van der Waals surface area contributed by atoms with Crippen LogP contribution in [0.3, 0.4) is 0 Å². The highest BCUT2D eigenvalue weighted by molar-refractivity contribution is 7.19. The smallest absolute Gasteiger partial charge is 0.0933 e. The summed E-state index contributed by atoms with van der Waals surface area (Å²) in [5, 5.41) is 11.5. The molecule has 2 heterocycles. The third kappa shape index (κ3) is 1.75. The van der Waals surface area contributed by atoms with E-state index in [9.17, 15) is 5.11 Å². The fourth-order valence-corrected chi connectivity index (χ4v) is 3.33. The van der Waals surface area contributed by atoms with Gasteiger partial charge in [0.25, 0.3) is 0 Å². The second kappa shape index (κ2) is 4.17. The second-order valence-electron chi connectivity index (χ2n) is 4.26. The molecule has 0 saturated carbocycles. The molecule has 1 aromatic heterocycles. The van der Waals surface area contributed by atoms with Crippen molar-refractivity contribution < 1.29 is 9.84 Å². The van der Waals surface area contributed by atoms with Gasteiger partial charge in [0.05, 0.1) is 12.7 Å². The van der Waals surface area contributed by atoms with Gasteiger partial charge in [-0.15, -0.1) is 11.3 Å². The van der Waals surface area contributed by atoms with Crippen molar-refractivity contribution in [2.45, 2.75) is 12.5 Å². The van der Waals surface area contributed by atoms with Crippen molar-refractivity contribution in [2.75, 3.05) is 13.2 Å². The lowest BCUT2D eigenvalue weighted by molar-refractivity contribution is 0.0945. The number of hydrogen-bond acceptors (Lipinski definition) is 3. The Morgan fingerprint density at radius 3 is 3.00 bits per heavy atom. The van der Waals surface area contributed by atoms with Gasteiger partial charge in [-0.05, 0) is 23.9 Å². The number of ether oxygens (including phenoxy) is 1. The Kier molecular flexibility index (Phi) is 2.67. The highest BCUT2D eigenvalue weighted by atomic mass is 32.1. The molecule has 2 atom stereocenters. The highest BCUT2D eigenvalue weighted by Gasteiger charge is 2.26. The lowest BCUT2D eigenvalue weighted by atomic mass is 10.0. The number of thiophene rings is 1. The molecule has 0 radical (unpaired) electrons. The van der Waals surface area contributed by atoms with E-state index >= 15 is 0 Å². The van der Waals surface area contributed by atoms with Crippen molar-refractivity contribution in [3.05, 3.63) is 35.2 Å². The normalized spacial score (nSPS) is 22.7. The predicted molar refractivity (Wildman–Crippen MR) is 65.7 cm³/mol.